The van der Waals surface area contributed by atoms with E-state index in [0.29, 0.717) is 4.90 Å². The van der Waals surface area contributed by atoms with Gasteiger partial charge in [0.1, 0.15) is 5.75 Å². The molecule has 0 fully saturated rings. The molecule has 0 amide bonds. The second kappa shape index (κ2) is 3.21. The Labute approximate surface area is 84.9 Å². The number of rotatable bonds is 1. The molecule has 0 aliphatic carbocycles. The Morgan fingerprint density at radius 1 is 1.38 bits per heavy atom. The SMILES string of the molecule is OCc1csc2cc(O)cc(S)c12. The lowest BCUT2D eigenvalue weighted by molar-refractivity contribution is 0.283. The zero-order valence-electron chi connectivity index (χ0n) is 6.69. The van der Waals surface area contributed by atoms with Crippen LogP contribution in [0.4, 0.5) is 0 Å². The van der Waals surface area contributed by atoms with E-state index in [1.165, 1.54) is 11.3 Å². The summed E-state index contributed by atoms with van der Waals surface area (Å²) in [7, 11) is 0. The summed E-state index contributed by atoms with van der Waals surface area (Å²) in [5.74, 6) is 0.212. The van der Waals surface area contributed by atoms with Gasteiger partial charge in [0, 0.05) is 15.0 Å². The fourth-order valence-electron chi connectivity index (χ4n) is 1.31. The number of aromatic hydroxyl groups is 1. The molecule has 1 aromatic heterocycles. The van der Waals surface area contributed by atoms with Crippen LogP contribution in [0.2, 0.25) is 0 Å². The molecule has 68 valence electrons. The van der Waals surface area contributed by atoms with E-state index in [2.05, 4.69) is 12.6 Å². The standard InChI is InChI=1S/C9H8O2S2/c10-3-5-4-13-8-2-6(11)1-7(12)9(5)8/h1-2,4,10-12H,3H2. The summed E-state index contributed by atoms with van der Waals surface area (Å²) >= 11 is 5.74. The minimum atomic E-state index is 0.0122. The van der Waals surface area contributed by atoms with Gasteiger partial charge in [0.25, 0.3) is 0 Å². The molecule has 0 radical (unpaired) electrons. The molecule has 0 aliphatic rings. The molecule has 1 heterocycles. The van der Waals surface area contributed by atoms with Crippen LogP contribution in [0.15, 0.2) is 22.4 Å². The first-order valence-electron chi connectivity index (χ1n) is 3.75. The van der Waals surface area contributed by atoms with Gasteiger partial charge in [-0.3, -0.25) is 0 Å². The second-order valence-corrected chi connectivity index (χ2v) is 4.15. The van der Waals surface area contributed by atoms with E-state index in [-0.39, 0.29) is 12.4 Å². The molecule has 0 spiro atoms. The molecule has 2 rings (SSSR count). The van der Waals surface area contributed by atoms with E-state index >= 15 is 0 Å². The molecule has 2 N–H and O–H groups in total. The predicted molar refractivity (Wildman–Crippen MR) is 56.7 cm³/mol. The third kappa shape index (κ3) is 1.41. The van der Waals surface area contributed by atoms with E-state index in [9.17, 15) is 5.11 Å². The van der Waals surface area contributed by atoms with Gasteiger partial charge in [0.15, 0.2) is 0 Å². The van der Waals surface area contributed by atoms with Crippen LogP contribution in [-0.4, -0.2) is 10.2 Å². The topological polar surface area (TPSA) is 40.5 Å². The minimum Gasteiger partial charge on any atom is -0.508 e. The summed E-state index contributed by atoms with van der Waals surface area (Å²) in [6.45, 7) is 0.0122. The van der Waals surface area contributed by atoms with Crippen molar-refractivity contribution >= 4 is 34.1 Å². The van der Waals surface area contributed by atoms with Gasteiger partial charge in [0.05, 0.1) is 6.61 Å². The minimum absolute atomic E-state index is 0.0122. The van der Waals surface area contributed by atoms with E-state index < -0.39 is 0 Å². The van der Waals surface area contributed by atoms with Crippen molar-refractivity contribution in [1.29, 1.82) is 0 Å². The summed E-state index contributed by atoms with van der Waals surface area (Å²) in [5.41, 5.74) is 0.866. The van der Waals surface area contributed by atoms with Crippen LogP contribution in [0.25, 0.3) is 10.1 Å². The van der Waals surface area contributed by atoms with Crippen LogP contribution in [-0.2, 0) is 6.61 Å². The number of aliphatic hydroxyl groups is 1. The smallest absolute Gasteiger partial charge is 0.118 e. The lowest BCUT2D eigenvalue weighted by Crippen LogP contribution is -1.80. The average molecular weight is 212 g/mol. The van der Waals surface area contributed by atoms with Gasteiger partial charge in [-0.25, -0.2) is 0 Å². The Kier molecular flexibility index (Phi) is 2.19. The van der Waals surface area contributed by atoms with Crippen molar-refractivity contribution in [2.45, 2.75) is 11.5 Å². The van der Waals surface area contributed by atoms with Crippen molar-refractivity contribution in [3.63, 3.8) is 0 Å². The molecule has 2 aromatic rings. The van der Waals surface area contributed by atoms with Crippen LogP contribution in [0.3, 0.4) is 0 Å². The van der Waals surface area contributed by atoms with Crippen LogP contribution in [0.5, 0.6) is 5.75 Å². The lowest BCUT2D eigenvalue weighted by atomic mass is 10.2. The third-order valence-corrected chi connectivity index (χ3v) is 3.22. The third-order valence-electron chi connectivity index (χ3n) is 1.89. The highest BCUT2D eigenvalue weighted by Crippen LogP contribution is 2.34. The molecule has 0 saturated carbocycles. The van der Waals surface area contributed by atoms with Gasteiger partial charge in [-0.2, -0.15) is 0 Å². The number of phenols is 1. The highest BCUT2D eigenvalue weighted by atomic mass is 32.1. The molecule has 2 nitrogen and oxygen atoms in total. The van der Waals surface area contributed by atoms with E-state index in [0.717, 1.165) is 15.6 Å². The number of aliphatic hydroxyl groups excluding tert-OH is 1. The van der Waals surface area contributed by atoms with Crippen molar-refractivity contribution in [2.75, 3.05) is 0 Å². The molecule has 0 saturated heterocycles. The van der Waals surface area contributed by atoms with Crippen LogP contribution in [0.1, 0.15) is 5.56 Å². The first-order chi connectivity index (χ1) is 6.22. The molecule has 13 heavy (non-hydrogen) atoms. The zero-order chi connectivity index (χ0) is 9.42. The van der Waals surface area contributed by atoms with Crippen molar-refractivity contribution in [2.24, 2.45) is 0 Å². The maximum Gasteiger partial charge on any atom is 0.118 e. The fourth-order valence-corrected chi connectivity index (χ4v) is 2.79. The number of benzene rings is 1. The molecule has 4 heteroatoms. The Bertz CT molecular complexity index is 448. The number of thiophene rings is 1. The van der Waals surface area contributed by atoms with Crippen molar-refractivity contribution in [1.82, 2.24) is 0 Å². The van der Waals surface area contributed by atoms with Crippen molar-refractivity contribution in [3.05, 3.63) is 23.1 Å². The zero-order valence-corrected chi connectivity index (χ0v) is 8.40. The molecule has 1 aromatic carbocycles. The lowest BCUT2D eigenvalue weighted by Gasteiger charge is -1.99. The largest absolute Gasteiger partial charge is 0.508 e. The van der Waals surface area contributed by atoms with E-state index in [1.54, 1.807) is 12.1 Å². The average Bonchev–Trinajstić information content (AvgIpc) is 2.47. The fraction of sp³-hybridized carbons (Fsp3) is 0.111. The maximum atomic E-state index is 9.29. The number of thiol groups is 1. The molecule has 0 unspecified atom stereocenters. The number of phenolic OH excluding ortho intramolecular Hbond substituents is 1. The summed E-state index contributed by atoms with van der Waals surface area (Å²) in [5, 5.41) is 21.1. The van der Waals surface area contributed by atoms with Gasteiger partial charge < -0.3 is 10.2 Å². The number of fused-ring (bicyclic) bond motifs is 1. The number of hydrogen-bond donors (Lipinski definition) is 3. The summed E-state index contributed by atoms with van der Waals surface area (Å²) in [6, 6.07) is 3.26. The van der Waals surface area contributed by atoms with E-state index in [4.69, 9.17) is 5.11 Å². The molecular formula is C9H8O2S2. The van der Waals surface area contributed by atoms with Gasteiger partial charge in [-0.1, -0.05) is 0 Å². The normalized spacial score (nSPS) is 10.9. The molecular weight excluding hydrogens is 204 g/mol. The van der Waals surface area contributed by atoms with Crippen molar-refractivity contribution in [3.8, 4) is 5.75 Å². The van der Waals surface area contributed by atoms with Gasteiger partial charge in [0.2, 0.25) is 0 Å². The summed E-state index contributed by atoms with van der Waals surface area (Å²) in [4.78, 5) is 0.709. The highest BCUT2D eigenvalue weighted by Gasteiger charge is 2.07. The Hall–Kier alpha value is -0.710. The summed E-state index contributed by atoms with van der Waals surface area (Å²) < 4.78 is 0.953. The second-order valence-electron chi connectivity index (χ2n) is 2.76. The molecule has 0 bridgehead atoms. The highest BCUT2D eigenvalue weighted by molar-refractivity contribution is 7.80. The first-order valence-corrected chi connectivity index (χ1v) is 5.08. The Balaban J connectivity index is 2.82. The first kappa shape index (κ1) is 8.87. The monoisotopic (exact) mass is 212 g/mol. The molecule has 0 aliphatic heterocycles. The summed E-state index contributed by atoms with van der Waals surface area (Å²) in [6.07, 6.45) is 0. The number of hydrogen-bond acceptors (Lipinski definition) is 4. The Morgan fingerprint density at radius 2 is 2.15 bits per heavy atom. The van der Waals surface area contributed by atoms with Gasteiger partial charge in [-0.05, 0) is 23.1 Å². The van der Waals surface area contributed by atoms with Crippen molar-refractivity contribution < 1.29 is 10.2 Å². The quantitative estimate of drug-likeness (QED) is 0.635. The van der Waals surface area contributed by atoms with Crippen LogP contribution >= 0.6 is 24.0 Å². The van der Waals surface area contributed by atoms with Crippen LogP contribution < -0.4 is 0 Å². The maximum absolute atomic E-state index is 9.29. The van der Waals surface area contributed by atoms with E-state index in [1.807, 2.05) is 5.38 Å². The Morgan fingerprint density at radius 3 is 2.85 bits per heavy atom. The van der Waals surface area contributed by atoms with Gasteiger partial charge >= 0.3 is 0 Å². The predicted octanol–water partition coefficient (Wildman–Crippen LogP) is 2.39. The molecule has 0 atom stereocenters. The van der Waals surface area contributed by atoms with Gasteiger partial charge in [-0.15, -0.1) is 24.0 Å². The van der Waals surface area contributed by atoms with Crippen LogP contribution in [0, 0.1) is 0 Å².